The molecular weight excluding hydrogens is 484 g/mol. The lowest BCUT2D eigenvalue weighted by Gasteiger charge is -2.23. The van der Waals surface area contributed by atoms with Gasteiger partial charge in [0, 0.05) is 31.5 Å². The summed E-state index contributed by atoms with van der Waals surface area (Å²) in [6, 6.07) is 17.7. The van der Waals surface area contributed by atoms with Gasteiger partial charge in [-0.05, 0) is 42.7 Å². The van der Waals surface area contributed by atoms with Crippen LogP contribution in [0.1, 0.15) is 63.9 Å². The van der Waals surface area contributed by atoms with Crippen molar-refractivity contribution in [3.05, 3.63) is 60.2 Å². The Morgan fingerprint density at radius 2 is 1.62 bits per heavy atom. The minimum absolute atomic E-state index is 0.122. The van der Waals surface area contributed by atoms with Gasteiger partial charge >= 0.3 is 0 Å². The van der Waals surface area contributed by atoms with Crippen LogP contribution in [0.25, 0.3) is 10.6 Å². The SMILES string of the molecule is CCCCCCCCC(=O)N(CCC(=O)Nc1nnc(-c2ccc(OC)cc2)s1)CCc1ccccc1. The summed E-state index contributed by atoms with van der Waals surface area (Å²) in [6.45, 7) is 3.19. The van der Waals surface area contributed by atoms with E-state index in [-0.39, 0.29) is 18.2 Å². The standard InChI is InChI=1S/C29H38N4O3S/c1-3-4-5-6-7-11-14-27(35)33(21-19-23-12-9-8-10-13-23)22-20-26(34)30-29-32-31-28(37-29)24-15-17-25(36-2)18-16-24/h8-10,12-13,15-18H,3-7,11,14,19-22H2,1-2H3,(H,30,32,34). The van der Waals surface area contributed by atoms with E-state index in [9.17, 15) is 9.59 Å². The summed E-state index contributed by atoms with van der Waals surface area (Å²) in [5.41, 5.74) is 2.09. The van der Waals surface area contributed by atoms with Gasteiger partial charge in [-0.15, -0.1) is 10.2 Å². The number of carbonyl (C=O) groups excluding carboxylic acids is 2. The predicted molar refractivity (Wildman–Crippen MR) is 150 cm³/mol. The molecule has 1 N–H and O–H groups in total. The van der Waals surface area contributed by atoms with Crippen molar-refractivity contribution in [2.45, 2.75) is 64.7 Å². The van der Waals surface area contributed by atoms with Crippen LogP contribution in [-0.2, 0) is 16.0 Å². The average Bonchev–Trinajstić information content (AvgIpc) is 3.39. The minimum atomic E-state index is -0.172. The zero-order valence-corrected chi connectivity index (χ0v) is 22.8. The summed E-state index contributed by atoms with van der Waals surface area (Å²) in [4.78, 5) is 27.5. The Morgan fingerprint density at radius 1 is 0.892 bits per heavy atom. The molecule has 0 aliphatic carbocycles. The van der Waals surface area contributed by atoms with Crippen LogP contribution >= 0.6 is 11.3 Å². The minimum Gasteiger partial charge on any atom is -0.497 e. The van der Waals surface area contributed by atoms with E-state index in [1.807, 2.05) is 47.4 Å². The summed E-state index contributed by atoms with van der Waals surface area (Å²) >= 11 is 1.32. The van der Waals surface area contributed by atoms with Crippen molar-refractivity contribution in [2.75, 3.05) is 25.5 Å². The van der Waals surface area contributed by atoms with E-state index >= 15 is 0 Å². The van der Waals surface area contributed by atoms with Gasteiger partial charge in [-0.2, -0.15) is 0 Å². The lowest BCUT2D eigenvalue weighted by molar-refractivity contribution is -0.131. The van der Waals surface area contributed by atoms with Crippen molar-refractivity contribution in [3.63, 3.8) is 0 Å². The molecule has 0 aliphatic rings. The molecule has 0 radical (unpaired) electrons. The number of rotatable bonds is 16. The fourth-order valence-electron chi connectivity index (χ4n) is 4.03. The van der Waals surface area contributed by atoms with Crippen LogP contribution < -0.4 is 10.1 Å². The smallest absolute Gasteiger partial charge is 0.227 e. The van der Waals surface area contributed by atoms with Crippen LogP contribution in [0.4, 0.5) is 5.13 Å². The molecule has 0 fully saturated rings. The number of nitrogens with zero attached hydrogens (tertiary/aromatic N) is 3. The molecule has 2 amide bonds. The average molecular weight is 523 g/mol. The largest absolute Gasteiger partial charge is 0.497 e. The second-order valence-electron chi connectivity index (χ2n) is 9.07. The zero-order valence-electron chi connectivity index (χ0n) is 21.9. The second kappa shape index (κ2) is 15.8. The highest BCUT2D eigenvalue weighted by molar-refractivity contribution is 7.18. The summed E-state index contributed by atoms with van der Waals surface area (Å²) in [5, 5.41) is 12.3. The van der Waals surface area contributed by atoms with Gasteiger partial charge in [0.1, 0.15) is 10.8 Å². The third-order valence-electron chi connectivity index (χ3n) is 6.23. The molecule has 198 valence electrons. The highest BCUT2D eigenvalue weighted by atomic mass is 32.1. The number of amides is 2. The first-order valence-electron chi connectivity index (χ1n) is 13.2. The highest BCUT2D eigenvalue weighted by Gasteiger charge is 2.16. The molecule has 2 aromatic carbocycles. The molecular formula is C29H38N4O3S. The van der Waals surface area contributed by atoms with Crippen LogP contribution in [0.15, 0.2) is 54.6 Å². The van der Waals surface area contributed by atoms with E-state index in [2.05, 4.69) is 34.6 Å². The molecule has 0 unspecified atom stereocenters. The van der Waals surface area contributed by atoms with Crippen LogP contribution in [0.5, 0.6) is 5.75 Å². The van der Waals surface area contributed by atoms with Gasteiger partial charge in [0.2, 0.25) is 16.9 Å². The molecule has 0 atom stereocenters. The highest BCUT2D eigenvalue weighted by Crippen LogP contribution is 2.27. The zero-order chi connectivity index (χ0) is 26.3. The first-order chi connectivity index (χ1) is 18.1. The van der Waals surface area contributed by atoms with Gasteiger partial charge in [-0.1, -0.05) is 80.7 Å². The van der Waals surface area contributed by atoms with Gasteiger partial charge < -0.3 is 15.0 Å². The number of anilines is 1. The Hall–Kier alpha value is -3.26. The van der Waals surface area contributed by atoms with Crippen molar-refractivity contribution in [1.82, 2.24) is 15.1 Å². The number of methoxy groups -OCH3 is 1. The number of hydrogen-bond acceptors (Lipinski definition) is 6. The number of hydrogen-bond donors (Lipinski definition) is 1. The first kappa shape index (κ1) is 28.3. The van der Waals surface area contributed by atoms with Crippen molar-refractivity contribution in [1.29, 1.82) is 0 Å². The fraction of sp³-hybridized carbons (Fsp3) is 0.448. The van der Waals surface area contributed by atoms with Gasteiger partial charge in [0.25, 0.3) is 0 Å². The number of carbonyl (C=O) groups is 2. The van der Waals surface area contributed by atoms with E-state index < -0.39 is 0 Å². The number of benzene rings is 2. The van der Waals surface area contributed by atoms with E-state index in [0.29, 0.717) is 24.6 Å². The second-order valence-corrected chi connectivity index (χ2v) is 10.1. The lowest BCUT2D eigenvalue weighted by atomic mass is 10.1. The summed E-state index contributed by atoms with van der Waals surface area (Å²) in [5.74, 6) is 0.719. The van der Waals surface area contributed by atoms with Crippen molar-refractivity contribution in [3.8, 4) is 16.3 Å². The summed E-state index contributed by atoms with van der Waals surface area (Å²) < 4.78 is 5.19. The molecule has 0 saturated heterocycles. The molecule has 1 aromatic heterocycles. The van der Waals surface area contributed by atoms with Gasteiger partial charge in [-0.25, -0.2) is 0 Å². The Morgan fingerprint density at radius 3 is 2.35 bits per heavy atom. The topological polar surface area (TPSA) is 84.4 Å². The van der Waals surface area contributed by atoms with Crippen LogP contribution in [-0.4, -0.2) is 47.1 Å². The number of nitrogens with one attached hydrogen (secondary N) is 1. The Balaban J connectivity index is 1.51. The molecule has 0 spiro atoms. The Kier molecular flexibility index (Phi) is 12.1. The molecule has 3 aromatic rings. The maximum Gasteiger partial charge on any atom is 0.227 e. The van der Waals surface area contributed by atoms with Crippen molar-refractivity contribution < 1.29 is 14.3 Å². The lowest BCUT2D eigenvalue weighted by Crippen LogP contribution is -2.35. The fourth-order valence-corrected chi connectivity index (χ4v) is 4.79. The van der Waals surface area contributed by atoms with Crippen LogP contribution in [0.3, 0.4) is 0 Å². The van der Waals surface area contributed by atoms with Gasteiger partial charge in [0.05, 0.1) is 7.11 Å². The Bertz CT molecular complexity index is 1090. The predicted octanol–water partition coefficient (Wildman–Crippen LogP) is 6.36. The molecule has 0 saturated carbocycles. The quantitative estimate of drug-likeness (QED) is 0.221. The van der Waals surface area contributed by atoms with Gasteiger partial charge in [0.15, 0.2) is 0 Å². The van der Waals surface area contributed by atoms with E-state index in [1.165, 1.54) is 42.6 Å². The number of unbranched alkanes of at least 4 members (excludes halogenated alkanes) is 5. The monoisotopic (exact) mass is 522 g/mol. The Labute approximate surface area is 224 Å². The van der Waals surface area contributed by atoms with Crippen molar-refractivity contribution >= 4 is 28.3 Å². The van der Waals surface area contributed by atoms with Gasteiger partial charge in [-0.3, -0.25) is 9.59 Å². The molecule has 0 bridgehead atoms. The van der Waals surface area contributed by atoms with Crippen molar-refractivity contribution in [2.24, 2.45) is 0 Å². The molecule has 0 aliphatic heterocycles. The molecule has 7 nitrogen and oxygen atoms in total. The maximum absolute atomic E-state index is 13.0. The van der Waals surface area contributed by atoms with Crippen LogP contribution in [0, 0.1) is 0 Å². The first-order valence-corrected chi connectivity index (χ1v) is 14.0. The van der Waals surface area contributed by atoms with E-state index in [4.69, 9.17) is 4.74 Å². The number of aromatic nitrogens is 2. The van der Waals surface area contributed by atoms with Crippen LogP contribution in [0.2, 0.25) is 0 Å². The molecule has 3 rings (SSSR count). The molecule has 8 heteroatoms. The van der Waals surface area contributed by atoms with E-state index in [1.54, 1.807) is 7.11 Å². The number of ether oxygens (including phenoxy) is 1. The maximum atomic E-state index is 13.0. The summed E-state index contributed by atoms with van der Waals surface area (Å²) in [7, 11) is 1.62. The third-order valence-corrected chi connectivity index (χ3v) is 7.11. The molecule has 37 heavy (non-hydrogen) atoms. The third kappa shape index (κ3) is 9.96. The normalized spacial score (nSPS) is 10.8. The van der Waals surface area contributed by atoms with E-state index in [0.717, 1.165) is 35.6 Å². The molecule has 1 heterocycles. The summed E-state index contributed by atoms with van der Waals surface area (Å²) in [6.07, 6.45) is 8.37.